The molecule has 0 aliphatic rings. The van der Waals surface area contributed by atoms with Crippen molar-refractivity contribution < 1.29 is 23.0 Å². The zero-order chi connectivity index (χ0) is 11.6. The third-order valence-electron chi connectivity index (χ3n) is 1.70. The van der Waals surface area contributed by atoms with Crippen molar-refractivity contribution in [2.45, 2.75) is 19.8 Å². The zero-order valence-corrected chi connectivity index (χ0v) is 7.80. The van der Waals surface area contributed by atoms with Crippen LogP contribution in [0.15, 0.2) is 6.07 Å². The summed E-state index contributed by atoms with van der Waals surface area (Å²) in [6.45, 7) is 1.56. The van der Waals surface area contributed by atoms with Crippen molar-refractivity contribution >= 4 is 0 Å². The van der Waals surface area contributed by atoms with Crippen LogP contribution in [0.2, 0.25) is 0 Å². The number of pyridine rings is 1. The Kier molecular flexibility index (Phi) is 3.04. The maximum atomic E-state index is 11.8. The molecule has 0 radical (unpaired) electrons. The fourth-order valence-corrected chi connectivity index (χ4v) is 1.00. The molecule has 1 heterocycles. The Bertz CT molecular complexity index is 366. The number of halogens is 3. The normalized spacial score (nSPS) is 11.5. The minimum atomic E-state index is -4.87. The highest BCUT2D eigenvalue weighted by Gasteiger charge is 2.33. The first kappa shape index (κ1) is 11.6. The molecule has 0 fully saturated rings. The lowest BCUT2D eigenvalue weighted by Gasteiger charge is -2.11. The van der Waals surface area contributed by atoms with Gasteiger partial charge in [0.05, 0.1) is 0 Å². The van der Waals surface area contributed by atoms with Crippen molar-refractivity contribution in [1.82, 2.24) is 4.98 Å². The van der Waals surface area contributed by atoms with Crippen molar-refractivity contribution in [2.24, 2.45) is 5.73 Å². The molecule has 1 aromatic rings. The lowest BCUT2D eigenvalue weighted by atomic mass is 10.2. The van der Waals surface area contributed by atoms with Gasteiger partial charge in [0.1, 0.15) is 0 Å². The molecular weight excluding hydrogens is 213 g/mol. The smallest absolute Gasteiger partial charge is 0.503 e. The number of ether oxygens (including phenoxy) is 1. The molecule has 4 nitrogen and oxygen atoms in total. The number of nitrogens with two attached hydrogens (primary N) is 1. The predicted octanol–water partition coefficient (Wildman–Crippen LogP) is 1.45. The summed E-state index contributed by atoms with van der Waals surface area (Å²) in [5.41, 5.74) is 6.03. The molecular formula is C8H9F3N2O2. The number of alkyl halides is 3. The van der Waals surface area contributed by atoms with Crippen molar-refractivity contribution in [2.75, 3.05) is 0 Å². The average Bonchev–Trinajstić information content (AvgIpc) is 2.08. The summed E-state index contributed by atoms with van der Waals surface area (Å²) in [6.07, 6.45) is -4.87. The summed E-state index contributed by atoms with van der Waals surface area (Å²) in [4.78, 5) is 3.46. The Morgan fingerprint density at radius 3 is 2.60 bits per heavy atom. The molecule has 0 amide bonds. The van der Waals surface area contributed by atoms with Gasteiger partial charge in [0.25, 0.3) is 5.88 Å². The van der Waals surface area contributed by atoms with Crippen LogP contribution in [0.3, 0.4) is 0 Å². The molecule has 1 aromatic heterocycles. The van der Waals surface area contributed by atoms with Crippen LogP contribution in [0.25, 0.3) is 0 Å². The van der Waals surface area contributed by atoms with Gasteiger partial charge in [-0.05, 0) is 18.6 Å². The molecule has 0 unspecified atom stereocenters. The third kappa shape index (κ3) is 2.98. The number of nitrogens with zero attached hydrogens (tertiary/aromatic N) is 1. The standard InChI is InChI=1S/C8H9F3N2O2/c1-4-5(3-12)2-6(14)7(13-4)15-8(9,10)11/h2,14H,3,12H2,1H3. The van der Waals surface area contributed by atoms with Gasteiger partial charge in [-0.2, -0.15) is 0 Å². The first-order valence-electron chi connectivity index (χ1n) is 3.99. The minimum absolute atomic E-state index is 0.0820. The van der Waals surface area contributed by atoms with Gasteiger partial charge in [-0.3, -0.25) is 0 Å². The highest BCUT2D eigenvalue weighted by Crippen LogP contribution is 2.30. The summed E-state index contributed by atoms with van der Waals surface area (Å²) >= 11 is 0. The number of hydrogen-bond acceptors (Lipinski definition) is 4. The summed E-state index contributed by atoms with van der Waals surface area (Å²) in [6, 6.07) is 1.10. The first-order chi connectivity index (χ1) is 6.83. The topological polar surface area (TPSA) is 68.4 Å². The first-order valence-corrected chi connectivity index (χ1v) is 3.99. The van der Waals surface area contributed by atoms with Crippen molar-refractivity contribution in [3.05, 3.63) is 17.3 Å². The molecule has 7 heteroatoms. The number of aromatic nitrogens is 1. The van der Waals surface area contributed by atoms with Crippen molar-refractivity contribution in [1.29, 1.82) is 0 Å². The molecule has 84 valence electrons. The molecule has 0 saturated carbocycles. The SMILES string of the molecule is Cc1nc(OC(F)(F)F)c(O)cc1CN. The van der Waals surface area contributed by atoms with Crippen LogP contribution >= 0.6 is 0 Å². The van der Waals surface area contributed by atoms with E-state index in [0.29, 0.717) is 5.56 Å². The van der Waals surface area contributed by atoms with Crippen LogP contribution < -0.4 is 10.5 Å². The largest absolute Gasteiger partial charge is 0.574 e. The van der Waals surface area contributed by atoms with Gasteiger partial charge in [0, 0.05) is 12.2 Å². The second-order valence-electron chi connectivity index (χ2n) is 2.81. The molecule has 0 aliphatic heterocycles. The maximum absolute atomic E-state index is 11.8. The van der Waals surface area contributed by atoms with Crippen LogP contribution in [-0.4, -0.2) is 16.5 Å². The Hall–Kier alpha value is -1.50. The molecule has 0 aromatic carbocycles. The van der Waals surface area contributed by atoms with Crippen LogP contribution in [0.1, 0.15) is 11.3 Å². The number of rotatable bonds is 2. The van der Waals surface area contributed by atoms with Gasteiger partial charge in [0.15, 0.2) is 5.75 Å². The predicted molar refractivity (Wildman–Crippen MR) is 45.2 cm³/mol. The Balaban J connectivity index is 3.05. The van der Waals surface area contributed by atoms with Gasteiger partial charge in [-0.15, -0.1) is 13.2 Å². The lowest BCUT2D eigenvalue weighted by molar-refractivity contribution is -0.276. The zero-order valence-electron chi connectivity index (χ0n) is 7.80. The van der Waals surface area contributed by atoms with E-state index in [1.165, 1.54) is 6.92 Å². The molecule has 0 saturated heterocycles. The van der Waals surface area contributed by atoms with E-state index in [1.54, 1.807) is 0 Å². The van der Waals surface area contributed by atoms with Gasteiger partial charge < -0.3 is 15.6 Å². The number of aryl methyl sites for hydroxylation is 1. The highest BCUT2D eigenvalue weighted by atomic mass is 19.4. The van der Waals surface area contributed by atoms with E-state index in [-0.39, 0.29) is 12.2 Å². The Morgan fingerprint density at radius 2 is 2.13 bits per heavy atom. The molecule has 3 N–H and O–H groups in total. The van der Waals surface area contributed by atoms with Gasteiger partial charge in [0.2, 0.25) is 0 Å². The van der Waals surface area contributed by atoms with E-state index in [9.17, 15) is 13.2 Å². The fourth-order valence-electron chi connectivity index (χ4n) is 1.00. The second-order valence-corrected chi connectivity index (χ2v) is 2.81. The van der Waals surface area contributed by atoms with E-state index in [2.05, 4.69) is 9.72 Å². The third-order valence-corrected chi connectivity index (χ3v) is 1.70. The van der Waals surface area contributed by atoms with Crippen molar-refractivity contribution in [3.63, 3.8) is 0 Å². The summed E-state index contributed by atoms with van der Waals surface area (Å²) in [5.74, 6) is -1.55. The van der Waals surface area contributed by atoms with Crippen LogP contribution in [0, 0.1) is 6.92 Å². The summed E-state index contributed by atoms with van der Waals surface area (Å²) in [5, 5.41) is 9.17. The molecule has 0 atom stereocenters. The Morgan fingerprint density at radius 1 is 1.53 bits per heavy atom. The Labute approximate surface area is 83.5 Å². The molecule has 0 bridgehead atoms. The summed E-state index contributed by atoms with van der Waals surface area (Å²) in [7, 11) is 0. The van der Waals surface area contributed by atoms with Crippen LogP contribution in [-0.2, 0) is 6.54 Å². The van der Waals surface area contributed by atoms with Crippen LogP contribution in [0.5, 0.6) is 11.6 Å². The second kappa shape index (κ2) is 3.93. The average molecular weight is 222 g/mol. The number of hydrogen-bond donors (Lipinski definition) is 2. The van der Waals surface area contributed by atoms with E-state index in [4.69, 9.17) is 10.8 Å². The van der Waals surface area contributed by atoms with Crippen molar-refractivity contribution in [3.8, 4) is 11.6 Å². The van der Waals surface area contributed by atoms with Gasteiger partial charge >= 0.3 is 6.36 Å². The summed E-state index contributed by atoms with van der Waals surface area (Å²) < 4.78 is 39.0. The van der Waals surface area contributed by atoms with Crippen LogP contribution in [0.4, 0.5) is 13.2 Å². The lowest BCUT2D eigenvalue weighted by Crippen LogP contribution is -2.18. The van der Waals surface area contributed by atoms with E-state index < -0.39 is 18.0 Å². The maximum Gasteiger partial charge on any atom is 0.574 e. The molecule has 0 aliphatic carbocycles. The molecule has 0 spiro atoms. The van der Waals surface area contributed by atoms with E-state index in [1.807, 2.05) is 0 Å². The van der Waals surface area contributed by atoms with Gasteiger partial charge in [-0.1, -0.05) is 0 Å². The van der Waals surface area contributed by atoms with E-state index >= 15 is 0 Å². The van der Waals surface area contributed by atoms with Gasteiger partial charge in [-0.25, -0.2) is 4.98 Å². The monoisotopic (exact) mass is 222 g/mol. The number of aromatic hydroxyl groups is 1. The van der Waals surface area contributed by atoms with E-state index in [0.717, 1.165) is 6.07 Å². The fraction of sp³-hybridized carbons (Fsp3) is 0.375. The quantitative estimate of drug-likeness (QED) is 0.794. The molecule has 15 heavy (non-hydrogen) atoms. The highest BCUT2D eigenvalue weighted by molar-refractivity contribution is 5.38. The molecule has 1 rings (SSSR count). The minimum Gasteiger partial charge on any atom is -0.503 e.